The Hall–Kier alpha value is -1.83. The Morgan fingerprint density at radius 3 is 2.43 bits per heavy atom. The highest BCUT2D eigenvalue weighted by Crippen LogP contribution is 2.39. The topological polar surface area (TPSA) is 111 Å². The summed E-state index contributed by atoms with van der Waals surface area (Å²) in [5.74, 6) is -1.24. The van der Waals surface area contributed by atoms with E-state index >= 15 is 0 Å². The maximum atomic E-state index is 11.9. The zero-order chi connectivity index (χ0) is 15.5. The third kappa shape index (κ3) is 3.84. The first-order valence-electron chi connectivity index (χ1n) is 7.21. The Labute approximate surface area is 123 Å². The van der Waals surface area contributed by atoms with Gasteiger partial charge in [-0.1, -0.05) is 0 Å². The molecule has 2 aliphatic rings. The second-order valence-electron chi connectivity index (χ2n) is 5.72. The molecule has 3 amide bonds. The van der Waals surface area contributed by atoms with Gasteiger partial charge in [-0.3, -0.25) is 4.79 Å². The molecule has 1 saturated carbocycles. The van der Waals surface area contributed by atoms with Crippen molar-refractivity contribution >= 4 is 17.9 Å². The van der Waals surface area contributed by atoms with Gasteiger partial charge >= 0.3 is 12.0 Å². The average Bonchev–Trinajstić information content (AvgIpc) is 3.30. The van der Waals surface area contributed by atoms with E-state index in [9.17, 15) is 19.5 Å². The van der Waals surface area contributed by atoms with Crippen molar-refractivity contribution in [1.82, 2.24) is 20.9 Å². The SMILES string of the molecule is CC(NC(=O)NCC(=O)N1CCNCC1)(C(=O)O)C1CC1. The smallest absolute Gasteiger partial charge is 0.329 e. The minimum atomic E-state index is -1.26. The summed E-state index contributed by atoms with van der Waals surface area (Å²) < 4.78 is 0. The molecule has 0 aromatic rings. The molecule has 4 N–H and O–H groups in total. The maximum absolute atomic E-state index is 11.9. The summed E-state index contributed by atoms with van der Waals surface area (Å²) in [4.78, 5) is 36.7. The lowest BCUT2D eigenvalue weighted by molar-refractivity contribution is -0.144. The van der Waals surface area contributed by atoms with Gasteiger partial charge in [0.1, 0.15) is 5.54 Å². The number of hydrogen-bond donors (Lipinski definition) is 4. The number of carboxylic acids is 1. The van der Waals surface area contributed by atoms with Crippen molar-refractivity contribution in [3.8, 4) is 0 Å². The predicted molar refractivity (Wildman–Crippen MR) is 74.7 cm³/mol. The fraction of sp³-hybridized carbons (Fsp3) is 0.769. The van der Waals surface area contributed by atoms with Crippen LogP contribution in [0.1, 0.15) is 19.8 Å². The quantitative estimate of drug-likeness (QED) is 0.519. The summed E-state index contributed by atoms with van der Waals surface area (Å²) in [6.07, 6.45) is 1.59. The van der Waals surface area contributed by atoms with E-state index in [0.717, 1.165) is 25.9 Å². The number of aliphatic carboxylic acids is 1. The largest absolute Gasteiger partial charge is 0.480 e. The first-order valence-corrected chi connectivity index (χ1v) is 7.21. The number of carbonyl (C=O) groups excluding carboxylic acids is 2. The van der Waals surface area contributed by atoms with E-state index in [-0.39, 0.29) is 18.4 Å². The van der Waals surface area contributed by atoms with Gasteiger partial charge in [-0.05, 0) is 25.7 Å². The van der Waals surface area contributed by atoms with Crippen molar-refractivity contribution in [2.45, 2.75) is 25.3 Å². The molecule has 1 unspecified atom stereocenters. The highest BCUT2D eigenvalue weighted by Gasteiger charge is 2.48. The second-order valence-corrected chi connectivity index (χ2v) is 5.72. The molecule has 1 saturated heterocycles. The minimum Gasteiger partial charge on any atom is -0.480 e. The van der Waals surface area contributed by atoms with Crippen molar-refractivity contribution in [3.05, 3.63) is 0 Å². The maximum Gasteiger partial charge on any atom is 0.329 e. The molecule has 2 fully saturated rings. The summed E-state index contributed by atoms with van der Waals surface area (Å²) >= 11 is 0. The Kier molecular flexibility index (Phi) is 4.66. The number of rotatable bonds is 5. The molecule has 2 rings (SSSR count). The molecular formula is C13H22N4O4. The van der Waals surface area contributed by atoms with Crippen LogP contribution in [0, 0.1) is 5.92 Å². The Morgan fingerprint density at radius 1 is 1.29 bits per heavy atom. The van der Waals surface area contributed by atoms with Gasteiger partial charge in [0, 0.05) is 26.2 Å². The van der Waals surface area contributed by atoms with Crippen LogP contribution in [-0.2, 0) is 9.59 Å². The summed E-state index contributed by atoms with van der Waals surface area (Å²) in [7, 11) is 0. The Balaban J connectivity index is 1.78. The van der Waals surface area contributed by atoms with E-state index in [0.29, 0.717) is 13.1 Å². The van der Waals surface area contributed by atoms with E-state index < -0.39 is 17.5 Å². The first kappa shape index (κ1) is 15.6. The number of carboxylic acid groups (broad SMARTS) is 1. The zero-order valence-corrected chi connectivity index (χ0v) is 12.1. The van der Waals surface area contributed by atoms with E-state index in [1.807, 2.05) is 0 Å². The number of hydrogen-bond acceptors (Lipinski definition) is 4. The second kappa shape index (κ2) is 6.30. The number of amides is 3. The lowest BCUT2D eigenvalue weighted by Gasteiger charge is -2.28. The van der Waals surface area contributed by atoms with Crippen LogP contribution >= 0.6 is 0 Å². The molecule has 0 aromatic heterocycles. The summed E-state index contributed by atoms with van der Waals surface area (Å²) in [5.41, 5.74) is -1.26. The monoisotopic (exact) mass is 298 g/mol. The molecule has 1 heterocycles. The van der Waals surface area contributed by atoms with Gasteiger partial charge < -0.3 is 26.0 Å². The Morgan fingerprint density at radius 2 is 1.90 bits per heavy atom. The average molecular weight is 298 g/mol. The minimum absolute atomic E-state index is 0.0374. The molecule has 0 bridgehead atoms. The molecule has 118 valence electrons. The van der Waals surface area contributed by atoms with Crippen molar-refractivity contribution in [1.29, 1.82) is 0 Å². The van der Waals surface area contributed by atoms with Crippen LogP contribution in [0.2, 0.25) is 0 Å². The van der Waals surface area contributed by atoms with Crippen LogP contribution < -0.4 is 16.0 Å². The molecule has 1 aliphatic heterocycles. The van der Waals surface area contributed by atoms with E-state index in [1.165, 1.54) is 6.92 Å². The standard InChI is InChI=1S/C13H22N4O4/c1-13(11(19)20,9-2-3-9)16-12(21)15-8-10(18)17-6-4-14-5-7-17/h9,14H,2-8H2,1H3,(H,19,20)(H2,15,16,21). The fourth-order valence-electron chi connectivity index (χ4n) is 2.45. The lowest BCUT2D eigenvalue weighted by atomic mass is 9.96. The van der Waals surface area contributed by atoms with Gasteiger partial charge in [0.2, 0.25) is 5.91 Å². The number of carbonyl (C=O) groups is 3. The number of nitrogens with one attached hydrogen (secondary N) is 3. The molecule has 1 aliphatic carbocycles. The van der Waals surface area contributed by atoms with Crippen molar-refractivity contribution in [3.63, 3.8) is 0 Å². The predicted octanol–water partition coefficient (Wildman–Crippen LogP) is -1.03. The molecule has 0 aromatic carbocycles. The third-order valence-corrected chi connectivity index (χ3v) is 4.08. The van der Waals surface area contributed by atoms with Gasteiger partial charge in [0.05, 0.1) is 6.54 Å². The molecule has 0 spiro atoms. The highest BCUT2D eigenvalue weighted by molar-refractivity contribution is 5.89. The zero-order valence-electron chi connectivity index (χ0n) is 12.1. The van der Waals surface area contributed by atoms with Crippen LogP contribution in [0.25, 0.3) is 0 Å². The lowest BCUT2D eigenvalue weighted by Crippen LogP contribution is -2.58. The van der Waals surface area contributed by atoms with Crippen LogP contribution in [0.5, 0.6) is 0 Å². The number of urea groups is 1. The fourth-order valence-corrected chi connectivity index (χ4v) is 2.45. The summed E-state index contributed by atoms with van der Waals surface area (Å²) in [6.45, 7) is 4.12. The first-order chi connectivity index (χ1) is 9.93. The molecule has 0 radical (unpaired) electrons. The van der Waals surface area contributed by atoms with Gasteiger partial charge in [0.25, 0.3) is 0 Å². The van der Waals surface area contributed by atoms with Crippen LogP contribution in [-0.4, -0.2) is 66.2 Å². The number of nitrogens with zero attached hydrogens (tertiary/aromatic N) is 1. The van der Waals surface area contributed by atoms with E-state index in [2.05, 4.69) is 16.0 Å². The molecule has 8 heteroatoms. The van der Waals surface area contributed by atoms with Gasteiger partial charge in [-0.15, -0.1) is 0 Å². The van der Waals surface area contributed by atoms with Crippen LogP contribution in [0.15, 0.2) is 0 Å². The van der Waals surface area contributed by atoms with Crippen LogP contribution in [0.3, 0.4) is 0 Å². The molecule has 8 nitrogen and oxygen atoms in total. The summed E-state index contributed by atoms with van der Waals surface area (Å²) in [6, 6.07) is -0.615. The van der Waals surface area contributed by atoms with E-state index in [4.69, 9.17) is 0 Å². The Bertz CT molecular complexity index is 432. The van der Waals surface area contributed by atoms with Crippen molar-refractivity contribution < 1.29 is 19.5 Å². The highest BCUT2D eigenvalue weighted by atomic mass is 16.4. The van der Waals surface area contributed by atoms with Gasteiger partial charge in [-0.25, -0.2) is 9.59 Å². The van der Waals surface area contributed by atoms with Crippen molar-refractivity contribution in [2.24, 2.45) is 5.92 Å². The molecular weight excluding hydrogens is 276 g/mol. The van der Waals surface area contributed by atoms with Gasteiger partial charge in [-0.2, -0.15) is 0 Å². The number of piperazine rings is 1. The third-order valence-electron chi connectivity index (χ3n) is 4.08. The van der Waals surface area contributed by atoms with Crippen LogP contribution in [0.4, 0.5) is 4.79 Å². The molecule has 1 atom stereocenters. The molecule has 21 heavy (non-hydrogen) atoms. The van der Waals surface area contributed by atoms with Crippen molar-refractivity contribution in [2.75, 3.05) is 32.7 Å². The normalized spacial score (nSPS) is 21.3. The van der Waals surface area contributed by atoms with E-state index in [1.54, 1.807) is 4.90 Å². The van der Waals surface area contributed by atoms with Gasteiger partial charge in [0.15, 0.2) is 0 Å². The summed E-state index contributed by atoms with van der Waals surface area (Å²) in [5, 5.41) is 17.3.